The molecular formula is C16H23ClN4O3. The van der Waals surface area contributed by atoms with Gasteiger partial charge in [-0.15, -0.1) is 12.4 Å². The number of hydrogen-bond donors (Lipinski definition) is 1. The Balaban J connectivity index is 0.00000208. The standard InChI is InChI=1S/C16H22N4O3.ClH/c1-9-11(12-13(23-9)18-8-19(4)14(12)21)15(22)20-6-5-10(17)16(2,3)7-20;/h8,10H,5-7,17H2,1-4H3;1H. The molecule has 0 spiro atoms. The quantitative estimate of drug-likeness (QED) is 0.836. The fourth-order valence-corrected chi connectivity index (χ4v) is 3.15. The molecule has 0 aliphatic carbocycles. The van der Waals surface area contributed by atoms with E-state index in [1.807, 2.05) is 0 Å². The summed E-state index contributed by atoms with van der Waals surface area (Å²) in [5, 5.41) is 0.255. The van der Waals surface area contributed by atoms with Crippen molar-refractivity contribution in [1.29, 1.82) is 0 Å². The maximum absolute atomic E-state index is 13.0. The molecule has 1 unspecified atom stereocenters. The molecule has 1 aliphatic heterocycles. The first-order valence-corrected chi connectivity index (χ1v) is 7.72. The van der Waals surface area contributed by atoms with Crippen molar-refractivity contribution in [1.82, 2.24) is 14.5 Å². The number of amides is 1. The summed E-state index contributed by atoms with van der Waals surface area (Å²) in [7, 11) is 1.61. The van der Waals surface area contributed by atoms with Crippen LogP contribution in [-0.4, -0.2) is 39.5 Å². The number of likely N-dealkylation sites (tertiary alicyclic amines) is 1. The maximum Gasteiger partial charge on any atom is 0.265 e. The molecule has 1 amide bonds. The Kier molecular flexibility index (Phi) is 4.79. The van der Waals surface area contributed by atoms with Crippen LogP contribution in [0, 0.1) is 12.3 Å². The van der Waals surface area contributed by atoms with E-state index in [0.717, 1.165) is 6.42 Å². The molecule has 1 saturated heterocycles. The third-order valence-electron chi connectivity index (χ3n) is 4.76. The number of aromatic nitrogens is 2. The Labute approximate surface area is 146 Å². The molecule has 2 aromatic rings. The highest BCUT2D eigenvalue weighted by Crippen LogP contribution is 2.30. The van der Waals surface area contributed by atoms with Crippen molar-refractivity contribution >= 4 is 29.4 Å². The molecule has 1 aliphatic rings. The van der Waals surface area contributed by atoms with Gasteiger partial charge >= 0.3 is 0 Å². The van der Waals surface area contributed by atoms with E-state index in [1.165, 1.54) is 10.9 Å². The van der Waals surface area contributed by atoms with Crippen molar-refractivity contribution in [3.63, 3.8) is 0 Å². The minimum atomic E-state index is -0.275. The van der Waals surface area contributed by atoms with E-state index in [4.69, 9.17) is 10.2 Å². The van der Waals surface area contributed by atoms with Gasteiger partial charge in [0.05, 0.1) is 5.56 Å². The van der Waals surface area contributed by atoms with Gasteiger partial charge in [-0.3, -0.25) is 9.59 Å². The van der Waals surface area contributed by atoms with Crippen molar-refractivity contribution in [2.75, 3.05) is 13.1 Å². The third-order valence-corrected chi connectivity index (χ3v) is 4.76. The molecule has 8 heteroatoms. The zero-order valence-corrected chi connectivity index (χ0v) is 15.1. The van der Waals surface area contributed by atoms with E-state index in [2.05, 4.69) is 18.8 Å². The third kappa shape index (κ3) is 2.82. The molecule has 0 bridgehead atoms. The van der Waals surface area contributed by atoms with Crippen LogP contribution in [0.25, 0.3) is 11.1 Å². The second kappa shape index (κ2) is 6.22. The van der Waals surface area contributed by atoms with Gasteiger partial charge in [-0.05, 0) is 18.8 Å². The largest absolute Gasteiger partial charge is 0.442 e. The van der Waals surface area contributed by atoms with Crippen molar-refractivity contribution in [2.24, 2.45) is 18.2 Å². The number of aryl methyl sites for hydroxylation is 2. The van der Waals surface area contributed by atoms with Crippen LogP contribution in [0.4, 0.5) is 0 Å². The highest BCUT2D eigenvalue weighted by Gasteiger charge is 2.37. The van der Waals surface area contributed by atoms with E-state index in [-0.39, 0.29) is 46.4 Å². The smallest absolute Gasteiger partial charge is 0.265 e. The van der Waals surface area contributed by atoms with Crippen LogP contribution >= 0.6 is 12.4 Å². The van der Waals surface area contributed by atoms with Crippen LogP contribution < -0.4 is 11.3 Å². The van der Waals surface area contributed by atoms with E-state index >= 15 is 0 Å². The number of fused-ring (bicyclic) bond motifs is 1. The summed E-state index contributed by atoms with van der Waals surface area (Å²) in [6.07, 6.45) is 2.13. The Morgan fingerprint density at radius 3 is 2.75 bits per heavy atom. The Hall–Kier alpha value is -1.86. The average molecular weight is 355 g/mol. The number of carbonyl (C=O) groups is 1. The maximum atomic E-state index is 13.0. The van der Waals surface area contributed by atoms with E-state index < -0.39 is 0 Å². The molecule has 24 heavy (non-hydrogen) atoms. The zero-order valence-electron chi connectivity index (χ0n) is 14.3. The first-order chi connectivity index (χ1) is 10.7. The molecule has 3 rings (SSSR count). The number of nitrogens with two attached hydrogens (primary N) is 1. The van der Waals surface area contributed by atoms with Crippen LogP contribution in [0.5, 0.6) is 0 Å². The van der Waals surface area contributed by atoms with Gasteiger partial charge in [-0.1, -0.05) is 13.8 Å². The van der Waals surface area contributed by atoms with Crippen LogP contribution in [0.1, 0.15) is 36.4 Å². The fourth-order valence-electron chi connectivity index (χ4n) is 3.15. The molecule has 0 aromatic carbocycles. The van der Waals surface area contributed by atoms with Gasteiger partial charge in [0.25, 0.3) is 11.5 Å². The minimum absolute atomic E-state index is 0. The van der Waals surface area contributed by atoms with Crippen LogP contribution in [-0.2, 0) is 7.05 Å². The summed E-state index contributed by atoms with van der Waals surface area (Å²) in [5.41, 5.74) is 6.23. The normalized spacial score (nSPS) is 20.0. The summed E-state index contributed by atoms with van der Waals surface area (Å²) < 4.78 is 6.87. The number of halogens is 1. The number of furan rings is 1. The van der Waals surface area contributed by atoms with Crippen molar-refractivity contribution in [2.45, 2.75) is 33.2 Å². The zero-order chi connectivity index (χ0) is 16.9. The molecule has 132 valence electrons. The number of carbonyl (C=O) groups excluding carboxylic acids is 1. The Morgan fingerprint density at radius 2 is 2.12 bits per heavy atom. The number of nitrogens with zero attached hydrogens (tertiary/aromatic N) is 3. The second-order valence-electron chi connectivity index (χ2n) is 6.98. The molecule has 3 heterocycles. The average Bonchev–Trinajstić information content (AvgIpc) is 2.82. The Morgan fingerprint density at radius 1 is 1.46 bits per heavy atom. The summed E-state index contributed by atoms with van der Waals surface area (Å²) in [4.78, 5) is 31.3. The monoisotopic (exact) mass is 354 g/mol. The van der Waals surface area contributed by atoms with Crippen LogP contribution in [0.2, 0.25) is 0 Å². The predicted molar refractivity (Wildman–Crippen MR) is 93.5 cm³/mol. The molecular weight excluding hydrogens is 332 g/mol. The summed E-state index contributed by atoms with van der Waals surface area (Å²) >= 11 is 0. The van der Waals surface area contributed by atoms with E-state index in [1.54, 1.807) is 18.9 Å². The van der Waals surface area contributed by atoms with Gasteiger partial charge in [0.2, 0.25) is 5.71 Å². The number of rotatable bonds is 1. The summed E-state index contributed by atoms with van der Waals surface area (Å²) in [5.74, 6) is 0.236. The van der Waals surface area contributed by atoms with Gasteiger partial charge in [0.1, 0.15) is 17.5 Å². The van der Waals surface area contributed by atoms with Gasteiger partial charge in [-0.25, -0.2) is 4.98 Å². The number of piperidine rings is 1. The Bertz CT molecular complexity index is 840. The van der Waals surface area contributed by atoms with Gasteiger partial charge in [-0.2, -0.15) is 0 Å². The lowest BCUT2D eigenvalue weighted by Gasteiger charge is -2.42. The van der Waals surface area contributed by atoms with Crippen LogP contribution in [0.15, 0.2) is 15.5 Å². The molecule has 1 atom stereocenters. The highest BCUT2D eigenvalue weighted by molar-refractivity contribution is 6.06. The molecule has 7 nitrogen and oxygen atoms in total. The van der Waals surface area contributed by atoms with Crippen molar-refractivity contribution in [3.8, 4) is 0 Å². The lowest BCUT2D eigenvalue weighted by Crippen LogP contribution is -2.54. The number of hydrogen-bond acceptors (Lipinski definition) is 5. The van der Waals surface area contributed by atoms with Gasteiger partial charge < -0.3 is 19.6 Å². The predicted octanol–water partition coefficient (Wildman–Crippen LogP) is 1.46. The SMILES string of the molecule is Cc1oc2ncn(C)c(=O)c2c1C(=O)N1CCC(N)C(C)(C)C1.Cl. The fraction of sp³-hybridized carbons (Fsp3) is 0.562. The first-order valence-electron chi connectivity index (χ1n) is 7.72. The summed E-state index contributed by atoms with van der Waals surface area (Å²) in [6.45, 7) is 6.93. The minimum Gasteiger partial charge on any atom is -0.442 e. The molecule has 1 fully saturated rings. The van der Waals surface area contributed by atoms with Gasteiger partial charge in [0, 0.05) is 26.2 Å². The lowest BCUT2D eigenvalue weighted by atomic mass is 9.79. The molecule has 2 N–H and O–H groups in total. The molecule has 0 radical (unpaired) electrons. The summed E-state index contributed by atoms with van der Waals surface area (Å²) in [6, 6.07) is 0.0586. The molecule has 0 saturated carbocycles. The van der Waals surface area contributed by atoms with Gasteiger partial charge in [0.15, 0.2) is 0 Å². The van der Waals surface area contributed by atoms with E-state index in [0.29, 0.717) is 24.4 Å². The second-order valence-corrected chi connectivity index (χ2v) is 6.98. The van der Waals surface area contributed by atoms with E-state index in [9.17, 15) is 9.59 Å². The highest BCUT2D eigenvalue weighted by atomic mass is 35.5. The topological polar surface area (TPSA) is 94.4 Å². The molecule has 2 aromatic heterocycles. The van der Waals surface area contributed by atoms with Crippen LogP contribution in [0.3, 0.4) is 0 Å². The lowest BCUT2D eigenvalue weighted by molar-refractivity contribution is 0.0533. The van der Waals surface area contributed by atoms with Crippen molar-refractivity contribution < 1.29 is 9.21 Å². The van der Waals surface area contributed by atoms with Crippen molar-refractivity contribution in [3.05, 3.63) is 28.0 Å². The first kappa shape index (κ1) is 18.5.